The number of benzene rings is 1. The zero-order valence-corrected chi connectivity index (χ0v) is 13.3. The Morgan fingerprint density at radius 3 is 2.40 bits per heavy atom. The lowest BCUT2D eigenvalue weighted by atomic mass is 10.1. The van der Waals surface area contributed by atoms with E-state index in [1.165, 1.54) is 18.4 Å². The largest absolute Gasteiger partial charge is 0.487 e. The third kappa shape index (κ3) is 6.92. The van der Waals surface area contributed by atoms with E-state index < -0.39 is 0 Å². The number of methoxy groups -OCH3 is 1. The van der Waals surface area contributed by atoms with Crippen LogP contribution in [0.15, 0.2) is 24.3 Å². The highest BCUT2D eigenvalue weighted by Crippen LogP contribution is 2.15. The predicted octanol–water partition coefficient (Wildman–Crippen LogP) is 3.42. The first-order valence-electron chi connectivity index (χ1n) is 7.63. The molecule has 1 aromatic carbocycles. The maximum absolute atomic E-state index is 5.98. The minimum atomic E-state index is 0.0453. The van der Waals surface area contributed by atoms with Crippen molar-refractivity contribution in [3.05, 3.63) is 29.8 Å². The van der Waals surface area contributed by atoms with Gasteiger partial charge in [-0.2, -0.15) is 0 Å². The van der Waals surface area contributed by atoms with E-state index in [2.05, 4.69) is 50.4 Å². The summed E-state index contributed by atoms with van der Waals surface area (Å²) < 4.78 is 11.2. The molecule has 0 aliphatic rings. The van der Waals surface area contributed by atoms with Crippen LogP contribution in [0.5, 0.6) is 5.75 Å². The molecule has 3 nitrogen and oxygen atoms in total. The highest BCUT2D eigenvalue weighted by molar-refractivity contribution is 5.27. The van der Waals surface area contributed by atoms with Crippen molar-refractivity contribution in [3.63, 3.8) is 0 Å². The summed E-state index contributed by atoms with van der Waals surface area (Å²) in [6, 6.07) is 8.89. The van der Waals surface area contributed by atoms with Gasteiger partial charge in [0.1, 0.15) is 11.9 Å². The summed E-state index contributed by atoms with van der Waals surface area (Å²) in [4.78, 5) is 0. The summed E-state index contributed by atoms with van der Waals surface area (Å²) in [5, 5.41) is 3.38. The summed E-state index contributed by atoms with van der Waals surface area (Å²) >= 11 is 0. The van der Waals surface area contributed by atoms with Gasteiger partial charge in [-0.05, 0) is 30.5 Å². The van der Waals surface area contributed by atoms with Gasteiger partial charge in [0.15, 0.2) is 0 Å². The van der Waals surface area contributed by atoms with Crippen LogP contribution in [0.3, 0.4) is 0 Å². The molecule has 1 aromatic rings. The van der Waals surface area contributed by atoms with Crippen molar-refractivity contribution in [1.82, 2.24) is 5.32 Å². The molecular formula is C17H29NO2. The molecule has 1 unspecified atom stereocenters. The molecule has 0 fully saturated rings. The second-order valence-corrected chi connectivity index (χ2v) is 5.51. The van der Waals surface area contributed by atoms with Crippen LogP contribution in [-0.2, 0) is 11.2 Å². The van der Waals surface area contributed by atoms with E-state index in [1.54, 1.807) is 7.11 Å². The predicted molar refractivity (Wildman–Crippen MR) is 84.5 cm³/mol. The molecule has 114 valence electrons. The lowest BCUT2D eigenvalue weighted by Gasteiger charge is -2.20. The van der Waals surface area contributed by atoms with Gasteiger partial charge in [0.2, 0.25) is 0 Å². The monoisotopic (exact) mass is 279 g/mol. The van der Waals surface area contributed by atoms with Gasteiger partial charge < -0.3 is 14.8 Å². The van der Waals surface area contributed by atoms with Crippen LogP contribution in [0.4, 0.5) is 0 Å². The first kappa shape index (κ1) is 17.0. The van der Waals surface area contributed by atoms with Gasteiger partial charge in [0.25, 0.3) is 0 Å². The van der Waals surface area contributed by atoms with Crippen molar-refractivity contribution in [3.8, 4) is 5.75 Å². The number of hydrogen-bond acceptors (Lipinski definition) is 3. The lowest BCUT2D eigenvalue weighted by molar-refractivity contribution is 0.0794. The van der Waals surface area contributed by atoms with Gasteiger partial charge in [0.05, 0.1) is 6.61 Å². The number of rotatable bonds is 10. The SMILES string of the molecule is CCCCc1ccc(OC(CNC(C)C)COC)cc1. The molecule has 0 radical (unpaired) electrons. The van der Waals surface area contributed by atoms with Gasteiger partial charge in [0, 0.05) is 19.7 Å². The van der Waals surface area contributed by atoms with Gasteiger partial charge in [-0.25, -0.2) is 0 Å². The third-order valence-electron chi connectivity index (χ3n) is 3.15. The highest BCUT2D eigenvalue weighted by Gasteiger charge is 2.10. The Balaban J connectivity index is 2.50. The maximum Gasteiger partial charge on any atom is 0.134 e. The number of ether oxygens (including phenoxy) is 2. The van der Waals surface area contributed by atoms with E-state index in [-0.39, 0.29) is 6.10 Å². The second-order valence-electron chi connectivity index (χ2n) is 5.51. The number of hydrogen-bond donors (Lipinski definition) is 1. The molecule has 0 saturated carbocycles. The Morgan fingerprint density at radius 1 is 1.15 bits per heavy atom. The van der Waals surface area contributed by atoms with E-state index >= 15 is 0 Å². The van der Waals surface area contributed by atoms with Gasteiger partial charge >= 0.3 is 0 Å². The van der Waals surface area contributed by atoms with Crippen LogP contribution in [0.1, 0.15) is 39.2 Å². The number of unbranched alkanes of at least 4 members (excludes halogenated alkanes) is 1. The number of nitrogens with one attached hydrogen (secondary N) is 1. The molecule has 0 saturated heterocycles. The van der Waals surface area contributed by atoms with Crippen molar-refractivity contribution in [1.29, 1.82) is 0 Å². The molecule has 1 atom stereocenters. The van der Waals surface area contributed by atoms with Crippen LogP contribution < -0.4 is 10.1 Å². The molecule has 3 heteroatoms. The third-order valence-corrected chi connectivity index (χ3v) is 3.15. The minimum absolute atomic E-state index is 0.0453. The van der Waals surface area contributed by atoms with Crippen LogP contribution in [0.2, 0.25) is 0 Å². The second kappa shape index (κ2) is 9.78. The molecule has 0 aliphatic heterocycles. The van der Waals surface area contributed by atoms with E-state index in [4.69, 9.17) is 9.47 Å². The smallest absolute Gasteiger partial charge is 0.134 e. The van der Waals surface area contributed by atoms with Crippen LogP contribution in [0, 0.1) is 0 Å². The Kier molecular flexibility index (Phi) is 8.31. The van der Waals surface area contributed by atoms with Crippen LogP contribution in [0.25, 0.3) is 0 Å². The highest BCUT2D eigenvalue weighted by atomic mass is 16.5. The number of aryl methyl sites for hydroxylation is 1. The summed E-state index contributed by atoms with van der Waals surface area (Å²) in [5.41, 5.74) is 1.38. The molecule has 0 heterocycles. The van der Waals surface area contributed by atoms with Crippen LogP contribution in [-0.4, -0.2) is 32.4 Å². The summed E-state index contributed by atoms with van der Waals surface area (Å²) in [6.45, 7) is 7.87. The zero-order valence-electron chi connectivity index (χ0n) is 13.3. The topological polar surface area (TPSA) is 30.5 Å². The molecule has 0 spiro atoms. The standard InChI is InChI=1S/C17H29NO2/c1-5-6-7-15-8-10-16(11-9-15)20-17(13-19-4)12-18-14(2)3/h8-11,14,17-18H,5-7,12-13H2,1-4H3. The van der Waals surface area contributed by atoms with Crippen molar-refractivity contribution < 1.29 is 9.47 Å². The Labute approximate surface area is 123 Å². The summed E-state index contributed by atoms with van der Waals surface area (Å²) in [5.74, 6) is 0.915. The van der Waals surface area contributed by atoms with Crippen molar-refractivity contribution in [2.45, 2.75) is 52.2 Å². The molecule has 20 heavy (non-hydrogen) atoms. The lowest BCUT2D eigenvalue weighted by Crippen LogP contribution is -2.38. The van der Waals surface area contributed by atoms with Gasteiger partial charge in [-0.15, -0.1) is 0 Å². The molecule has 0 bridgehead atoms. The fraction of sp³-hybridized carbons (Fsp3) is 0.647. The Bertz CT molecular complexity index is 349. The quantitative estimate of drug-likeness (QED) is 0.712. The molecule has 0 aliphatic carbocycles. The van der Waals surface area contributed by atoms with Gasteiger partial charge in [-0.3, -0.25) is 0 Å². The Hall–Kier alpha value is -1.06. The average Bonchev–Trinajstić information content (AvgIpc) is 2.44. The molecule has 0 amide bonds. The van der Waals surface area contributed by atoms with E-state index in [9.17, 15) is 0 Å². The molecule has 1 N–H and O–H groups in total. The summed E-state index contributed by atoms with van der Waals surface area (Å²) in [6.07, 6.45) is 3.66. The first-order chi connectivity index (χ1) is 9.65. The zero-order chi connectivity index (χ0) is 14.8. The van der Waals surface area contributed by atoms with Crippen molar-refractivity contribution >= 4 is 0 Å². The summed E-state index contributed by atoms with van der Waals surface area (Å²) in [7, 11) is 1.71. The maximum atomic E-state index is 5.98. The Morgan fingerprint density at radius 2 is 1.85 bits per heavy atom. The fourth-order valence-electron chi connectivity index (χ4n) is 2.00. The normalized spacial score (nSPS) is 12.7. The van der Waals surface area contributed by atoms with Crippen molar-refractivity contribution in [2.75, 3.05) is 20.3 Å². The van der Waals surface area contributed by atoms with E-state index in [1.807, 2.05) is 0 Å². The van der Waals surface area contributed by atoms with Crippen LogP contribution >= 0.6 is 0 Å². The molecule has 0 aromatic heterocycles. The first-order valence-corrected chi connectivity index (χ1v) is 7.63. The van der Waals surface area contributed by atoms with E-state index in [0.717, 1.165) is 18.7 Å². The van der Waals surface area contributed by atoms with Gasteiger partial charge in [-0.1, -0.05) is 39.3 Å². The minimum Gasteiger partial charge on any atom is -0.487 e. The molecule has 1 rings (SSSR count). The fourth-order valence-corrected chi connectivity index (χ4v) is 2.00. The molecular weight excluding hydrogens is 250 g/mol. The van der Waals surface area contributed by atoms with Crippen molar-refractivity contribution in [2.24, 2.45) is 0 Å². The van der Waals surface area contributed by atoms with E-state index in [0.29, 0.717) is 12.6 Å². The average molecular weight is 279 g/mol.